The van der Waals surface area contributed by atoms with E-state index in [0.717, 1.165) is 54.1 Å². The van der Waals surface area contributed by atoms with Crippen molar-refractivity contribution in [3.05, 3.63) is 30.4 Å². The van der Waals surface area contributed by atoms with Gasteiger partial charge in [-0.2, -0.15) is 0 Å². The molecule has 0 aliphatic heterocycles. The van der Waals surface area contributed by atoms with Crippen LogP contribution in [0, 0.1) is 52.3 Å². The van der Waals surface area contributed by atoms with Gasteiger partial charge in [0.2, 0.25) is 0 Å². The van der Waals surface area contributed by atoms with E-state index >= 15 is 0 Å². The van der Waals surface area contributed by atoms with E-state index in [4.69, 9.17) is 16.2 Å². The highest BCUT2D eigenvalue weighted by Gasteiger charge is 2.59. The van der Waals surface area contributed by atoms with E-state index in [9.17, 15) is 0 Å². The molecule has 0 amide bonds. The van der Waals surface area contributed by atoms with E-state index in [1.807, 2.05) is 18.2 Å². The van der Waals surface area contributed by atoms with Crippen molar-refractivity contribution in [3.8, 4) is 5.75 Å². The lowest BCUT2D eigenvalue weighted by Crippen LogP contribution is -2.52. The van der Waals surface area contributed by atoms with E-state index < -0.39 is 0 Å². The summed E-state index contributed by atoms with van der Waals surface area (Å²) >= 11 is 0. The van der Waals surface area contributed by atoms with Gasteiger partial charge >= 0.3 is 0 Å². The zero-order valence-electron chi connectivity index (χ0n) is 23.6. The van der Waals surface area contributed by atoms with E-state index in [2.05, 4.69) is 46.8 Å². The zero-order chi connectivity index (χ0) is 25.7. The molecule has 0 aromatic heterocycles. The van der Waals surface area contributed by atoms with Crippen LogP contribution in [0.2, 0.25) is 0 Å². The molecule has 0 radical (unpaired) electrons. The third-order valence-electron chi connectivity index (χ3n) is 11.6. The predicted octanol–water partition coefficient (Wildman–Crippen LogP) is 8.50. The average Bonchev–Trinajstić information content (AvgIpc) is 3.18. The van der Waals surface area contributed by atoms with Crippen LogP contribution in [0.1, 0.15) is 98.8 Å². The summed E-state index contributed by atoms with van der Waals surface area (Å²) in [4.78, 5) is 0. The summed E-state index contributed by atoms with van der Waals surface area (Å²) < 4.78 is 6.43. The number of hydrogen-bond donors (Lipinski definition) is 2. The molecule has 4 aliphatic rings. The van der Waals surface area contributed by atoms with Crippen LogP contribution in [0.5, 0.6) is 5.75 Å². The summed E-state index contributed by atoms with van der Waals surface area (Å²) in [5.41, 5.74) is 14.4. The summed E-state index contributed by atoms with van der Waals surface area (Å²) in [5.74, 6) is 6.54. The van der Waals surface area contributed by atoms with E-state index in [0.29, 0.717) is 28.1 Å². The van der Waals surface area contributed by atoms with Crippen LogP contribution < -0.4 is 16.2 Å². The maximum Gasteiger partial charge on any atom is 0.142 e. The van der Waals surface area contributed by atoms with Gasteiger partial charge < -0.3 is 16.2 Å². The van der Waals surface area contributed by atoms with Gasteiger partial charge in [-0.3, -0.25) is 0 Å². The van der Waals surface area contributed by atoms with Gasteiger partial charge in [0.1, 0.15) is 5.75 Å². The minimum Gasteiger partial charge on any atom is -0.488 e. The Bertz CT molecular complexity index is 955. The van der Waals surface area contributed by atoms with Crippen LogP contribution in [0.25, 0.3) is 0 Å². The van der Waals surface area contributed by atoms with Crippen LogP contribution in [0.3, 0.4) is 0 Å². The van der Waals surface area contributed by atoms with E-state index in [1.165, 1.54) is 51.4 Å². The number of nitrogen functional groups attached to an aromatic ring is 2. The molecule has 1 aromatic carbocycles. The molecule has 3 nitrogen and oxygen atoms in total. The molecule has 9 unspecified atom stereocenters. The lowest BCUT2D eigenvalue weighted by atomic mass is 9.46. The second-order valence-corrected chi connectivity index (χ2v) is 14.1. The Balaban J connectivity index is 1.27. The monoisotopic (exact) mass is 492 g/mol. The average molecular weight is 493 g/mol. The molecule has 9 atom stereocenters. The fourth-order valence-electron chi connectivity index (χ4n) is 9.57. The number of benzene rings is 1. The lowest BCUT2D eigenvalue weighted by Gasteiger charge is -2.59. The lowest BCUT2D eigenvalue weighted by molar-refractivity contribution is -0.0782. The van der Waals surface area contributed by atoms with Gasteiger partial charge in [-0.25, -0.2) is 0 Å². The highest BCUT2D eigenvalue weighted by molar-refractivity contribution is 5.60. The Morgan fingerprint density at radius 2 is 1.67 bits per heavy atom. The Kier molecular flexibility index (Phi) is 7.16. The Morgan fingerprint density at radius 3 is 2.42 bits per heavy atom. The number of fused-ring (bicyclic) bond motifs is 5. The molecule has 36 heavy (non-hydrogen) atoms. The van der Waals surface area contributed by atoms with Crippen LogP contribution >= 0.6 is 0 Å². The van der Waals surface area contributed by atoms with Crippen LogP contribution in [0.4, 0.5) is 11.4 Å². The number of hydrogen-bond acceptors (Lipinski definition) is 3. The molecule has 0 spiro atoms. The van der Waals surface area contributed by atoms with Gasteiger partial charge in [0.25, 0.3) is 0 Å². The van der Waals surface area contributed by atoms with Gasteiger partial charge in [0, 0.05) is 5.69 Å². The van der Waals surface area contributed by atoms with Gasteiger partial charge in [0.15, 0.2) is 0 Å². The third-order valence-corrected chi connectivity index (χ3v) is 11.6. The van der Waals surface area contributed by atoms with Gasteiger partial charge in [-0.15, -0.1) is 0 Å². The maximum atomic E-state index is 6.43. The van der Waals surface area contributed by atoms with Gasteiger partial charge in [0.05, 0.1) is 11.8 Å². The zero-order valence-corrected chi connectivity index (χ0v) is 23.6. The topological polar surface area (TPSA) is 61.3 Å². The molecule has 200 valence electrons. The molecule has 4 aliphatic carbocycles. The second kappa shape index (κ2) is 9.91. The van der Waals surface area contributed by atoms with Gasteiger partial charge in [-0.1, -0.05) is 66.0 Å². The maximum absolute atomic E-state index is 6.43. The summed E-state index contributed by atoms with van der Waals surface area (Å²) in [6.45, 7) is 12.6. The van der Waals surface area contributed by atoms with E-state index in [-0.39, 0.29) is 6.10 Å². The first-order valence-corrected chi connectivity index (χ1v) is 15.1. The Labute approximate surface area is 220 Å². The summed E-state index contributed by atoms with van der Waals surface area (Å²) in [5, 5.41) is 0. The molecule has 4 N–H and O–H groups in total. The van der Waals surface area contributed by atoms with Crippen molar-refractivity contribution in [1.82, 2.24) is 0 Å². The van der Waals surface area contributed by atoms with Crippen LogP contribution in [-0.4, -0.2) is 6.10 Å². The Morgan fingerprint density at radius 1 is 0.917 bits per heavy atom. The van der Waals surface area contributed by atoms with Crippen molar-refractivity contribution in [1.29, 1.82) is 0 Å². The van der Waals surface area contributed by atoms with Crippen LogP contribution in [-0.2, 0) is 0 Å². The summed E-state index contributed by atoms with van der Waals surface area (Å²) in [6.07, 6.45) is 19.0. The molecule has 0 bridgehead atoms. The van der Waals surface area contributed by atoms with Crippen molar-refractivity contribution >= 4 is 11.4 Å². The third kappa shape index (κ3) is 4.58. The number of rotatable bonds is 7. The summed E-state index contributed by atoms with van der Waals surface area (Å²) in [6, 6.07) is 5.64. The van der Waals surface area contributed by atoms with Crippen molar-refractivity contribution < 1.29 is 4.74 Å². The highest BCUT2D eigenvalue weighted by atomic mass is 16.5. The predicted molar refractivity (Wildman–Crippen MR) is 153 cm³/mol. The fourth-order valence-corrected chi connectivity index (χ4v) is 9.57. The minimum atomic E-state index is 0.242. The molecule has 0 heterocycles. The number of allylic oxidation sites excluding steroid dienone is 2. The smallest absolute Gasteiger partial charge is 0.142 e. The molecular formula is C33H52N2O. The first kappa shape index (κ1) is 26.0. The quantitative estimate of drug-likeness (QED) is 0.296. The normalized spacial score (nSPS) is 40.4. The SMILES string of the molecule is CC(C)CCCC(C)C1CCC2C3C=CC4CC(Oc5ccc(N)cc5N)CCC4(C)C3CCC12C. The van der Waals surface area contributed by atoms with Crippen molar-refractivity contribution in [2.45, 2.75) is 105 Å². The fraction of sp³-hybridized carbons (Fsp3) is 0.758. The molecule has 0 saturated heterocycles. The standard InChI is InChI=1S/C33H52N2O/c1-21(2)7-6-8-22(3)27-12-13-28-26-11-9-23-19-25(36-31-14-10-24(34)20-30(31)35)15-17-32(23,4)29(26)16-18-33(27,28)5/h9-11,14,20-23,25-29H,6-8,12-13,15-19,34-35H2,1-5H3. The molecule has 3 fully saturated rings. The second-order valence-electron chi connectivity index (χ2n) is 14.1. The first-order chi connectivity index (χ1) is 17.1. The number of ether oxygens (including phenoxy) is 1. The highest BCUT2D eigenvalue weighted by Crippen LogP contribution is 2.67. The van der Waals surface area contributed by atoms with Crippen molar-refractivity contribution in [2.75, 3.05) is 11.5 Å². The molecular weight excluding hydrogens is 440 g/mol. The number of nitrogens with two attached hydrogens (primary N) is 2. The molecule has 3 heteroatoms. The van der Waals surface area contributed by atoms with Crippen molar-refractivity contribution in [3.63, 3.8) is 0 Å². The summed E-state index contributed by atoms with van der Waals surface area (Å²) in [7, 11) is 0. The number of anilines is 2. The first-order valence-electron chi connectivity index (χ1n) is 15.1. The van der Waals surface area contributed by atoms with Crippen LogP contribution in [0.15, 0.2) is 30.4 Å². The minimum absolute atomic E-state index is 0.242. The van der Waals surface area contributed by atoms with Crippen molar-refractivity contribution in [2.24, 2.45) is 52.3 Å². The van der Waals surface area contributed by atoms with Gasteiger partial charge in [-0.05, 0) is 115 Å². The largest absolute Gasteiger partial charge is 0.488 e. The molecule has 1 aromatic rings. The molecule has 3 saturated carbocycles. The Hall–Kier alpha value is -1.64. The van der Waals surface area contributed by atoms with E-state index in [1.54, 1.807) is 0 Å². The molecule has 5 rings (SSSR count).